The van der Waals surface area contributed by atoms with Gasteiger partial charge in [0.1, 0.15) is 5.82 Å². The van der Waals surface area contributed by atoms with Gasteiger partial charge in [-0.3, -0.25) is 9.59 Å². The smallest absolute Gasteiger partial charge is 0.224 e. The van der Waals surface area contributed by atoms with Crippen molar-refractivity contribution in [3.8, 4) is 0 Å². The molecule has 0 radical (unpaired) electrons. The second kappa shape index (κ2) is 8.59. The van der Waals surface area contributed by atoms with E-state index >= 15 is 0 Å². The normalized spacial score (nSPS) is 11.2. The third-order valence-corrected chi connectivity index (χ3v) is 5.81. The monoisotopic (exact) mass is 484 g/mol. The second-order valence-corrected chi connectivity index (χ2v) is 8.27. The fourth-order valence-corrected chi connectivity index (χ4v) is 4.25. The average molecular weight is 485 g/mol. The van der Waals surface area contributed by atoms with E-state index in [4.69, 9.17) is 0 Å². The number of aromatic nitrogens is 1. The number of nitrogens with zero attached hydrogens (tertiary/aromatic N) is 1. The number of carbonyl (C=O) groups excluding carboxylic acids is 1. The standard InChI is InChI=1S/C24H19BrF2N2O2/c1-14-8-9-21-17(11-14)24(31)16-5-2-3-6-20(16)29(21)10-4-7-22(30)28-23-18(25)12-15(26)13-19(23)27/h2-3,5-6,8-9,11-13H,4,7,10H2,1H3,(H,28,30). The fourth-order valence-electron chi connectivity index (χ4n) is 3.75. The van der Waals surface area contributed by atoms with Crippen molar-refractivity contribution >= 4 is 49.3 Å². The Bertz CT molecular complexity index is 1360. The van der Waals surface area contributed by atoms with Crippen LogP contribution in [0.3, 0.4) is 0 Å². The van der Waals surface area contributed by atoms with Crippen molar-refractivity contribution in [1.82, 2.24) is 4.57 Å². The van der Waals surface area contributed by atoms with E-state index in [9.17, 15) is 18.4 Å². The van der Waals surface area contributed by atoms with E-state index in [1.807, 2.05) is 47.9 Å². The van der Waals surface area contributed by atoms with Crippen molar-refractivity contribution in [1.29, 1.82) is 0 Å². The number of hydrogen-bond donors (Lipinski definition) is 1. The number of fused-ring (bicyclic) bond motifs is 2. The Morgan fingerprint density at radius 3 is 2.55 bits per heavy atom. The van der Waals surface area contributed by atoms with Crippen LogP contribution in [0, 0.1) is 18.6 Å². The van der Waals surface area contributed by atoms with Gasteiger partial charge in [0, 0.05) is 34.3 Å². The Morgan fingerprint density at radius 2 is 1.77 bits per heavy atom. The minimum Gasteiger partial charge on any atom is -0.340 e. The summed E-state index contributed by atoms with van der Waals surface area (Å²) < 4.78 is 29.4. The molecular formula is C24H19BrF2N2O2. The summed E-state index contributed by atoms with van der Waals surface area (Å²) in [7, 11) is 0. The van der Waals surface area contributed by atoms with Crippen molar-refractivity contribution in [2.24, 2.45) is 0 Å². The molecule has 0 atom stereocenters. The fraction of sp³-hybridized carbons (Fsp3) is 0.167. The summed E-state index contributed by atoms with van der Waals surface area (Å²) in [5.41, 5.74) is 2.51. The quantitative estimate of drug-likeness (QED) is 0.357. The van der Waals surface area contributed by atoms with Gasteiger partial charge in [0.15, 0.2) is 11.2 Å². The molecule has 0 saturated heterocycles. The van der Waals surface area contributed by atoms with Crippen LogP contribution in [0.5, 0.6) is 0 Å². The summed E-state index contributed by atoms with van der Waals surface area (Å²) in [4.78, 5) is 25.3. The summed E-state index contributed by atoms with van der Waals surface area (Å²) in [6.45, 7) is 2.44. The zero-order valence-corrected chi connectivity index (χ0v) is 18.3. The van der Waals surface area contributed by atoms with E-state index in [1.165, 1.54) is 0 Å². The molecule has 31 heavy (non-hydrogen) atoms. The van der Waals surface area contributed by atoms with Gasteiger partial charge < -0.3 is 9.88 Å². The first-order valence-electron chi connectivity index (χ1n) is 9.81. The predicted octanol–water partition coefficient (Wildman–Crippen LogP) is 5.92. The maximum Gasteiger partial charge on any atom is 0.224 e. The van der Waals surface area contributed by atoms with Crippen molar-refractivity contribution < 1.29 is 13.6 Å². The molecule has 7 heteroatoms. The number of amides is 1. The zero-order valence-electron chi connectivity index (χ0n) is 16.7. The van der Waals surface area contributed by atoms with E-state index in [0.29, 0.717) is 23.7 Å². The zero-order chi connectivity index (χ0) is 22.1. The van der Waals surface area contributed by atoms with Crippen molar-refractivity contribution in [3.63, 3.8) is 0 Å². The lowest BCUT2D eigenvalue weighted by Crippen LogP contribution is -2.16. The summed E-state index contributed by atoms with van der Waals surface area (Å²) in [5, 5.41) is 3.76. The van der Waals surface area contributed by atoms with E-state index in [1.54, 1.807) is 6.07 Å². The highest BCUT2D eigenvalue weighted by Crippen LogP contribution is 2.27. The van der Waals surface area contributed by atoms with Crippen LogP contribution < -0.4 is 10.7 Å². The van der Waals surface area contributed by atoms with Gasteiger partial charge in [-0.25, -0.2) is 8.78 Å². The van der Waals surface area contributed by atoms with Gasteiger partial charge in [0.05, 0.1) is 16.7 Å². The molecule has 0 aliphatic heterocycles. The maximum absolute atomic E-state index is 14.0. The molecule has 0 aliphatic rings. The van der Waals surface area contributed by atoms with Gasteiger partial charge in [-0.15, -0.1) is 0 Å². The van der Waals surface area contributed by atoms with Crippen LogP contribution in [-0.4, -0.2) is 10.5 Å². The van der Waals surface area contributed by atoms with Crippen LogP contribution in [0.15, 0.2) is 63.9 Å². The molecule has 0 spiro atoms. The lowest BCUT2D eigenvalue weighted by molar-refractivity contribution is -0.116. The molecule has 0 saturated carbocycles. The van der Waals surface area contributed by atoms with Crippen molar-refractivity contribution in [3.05, 3.63) is 86.5 Å². The Balaban J connectivity index is 1.59. The largest absolute Gasteiger partial charge is 0.340 e. The summed E-state index contributed by atoms with van der Waals surface area (Å²) >= 11 is 3.07. The number of aryl methyl sites for hydroxylation is 2. The summed E-state index contributed by atoms with van der Waals surface area (Å²) in [6, 6.07) is 15.0. The van der Waals surface area contributed by atoms with Gasteiger partial charge in [-0.2, -0.15) is 0 Å². The van der Waals surface area contributed by atoms with Gasteiger partial charge >= 0.3 is 0 Å². The lowest BCUT2D eigenvalue weighted by Gasteiger charge is -2.16. The molecular weight excluding hydrogens is 466 g/mol. The minimum absolute atomic E-state index is 0.0140. The number of rotatable bonds is 5. The van der Waals surface area contributed by atoms with Crippen molar-refractivity contribution in [2.75, 3.05) is 5.32 Å². The van der Waals surface area contributed by atoms with Gasteiger partial charge in [0.25, 0.3) is 0 Å². The minimum atomic E-state index is -0.840. The molecule has 0 unspecified atom stereocenters. The highest BCUT2D eigenvalue weighted by Gasteiger charge is 2.14. The Hall–Kier alpha value is -3.06. The molecule has 0 fully saturated rings. The van der Waals surface area contributed by atoms with Gasteiger partial charge in [-0.1, -0.05) is 23.8 Å². The molecule has 0 aliphatic carbocycles. The van der Waals surface area contributed by atoms with Gasteiger partial charge in [-0.05, 0) is 59.6 Å². The van der Waals surface area contributed by atoms with E-state index in [0.717, 1.165) is 28.7 Å². The average Bonchev–Trinajstić information content (AvgIpc) is 2.73. The third-order valence-electron chi connectivity index (χ3n) is 5.18. The molecule has 4 rings (SSSR count). The molecule has 1 aromatic heterocycles. The Labute approximate surface area is 185 Å². The number of carbonyl (C=O) groups is 1. The number of hydrogen-bond acceptors (Lipinski definition) is 2. The van der Waals surface area contributed by atoms with E-state index < -0.39 is 11.6 Å². The summed E-state index contributed by atoms with van der Waals surface area (Å²) in [5.74, 6) is -1.95. The molecule has 1 N–H and O–H groups in total. The molecule has 0 bridgehead atoms. The molecule has 158 valence electrons. The summed E-state index contributed by atoms with van der Waals surface area (Å²) in [6.07, 6.45) is 0.610. The third kappa shape index (κ3) is 4.23. The van der Waals surface area contributed by atoms with E-state index in [2.05, 4.69) is 21.2 Å². The molecule has 1 amide bonds. The first kappa shape index (κ1) is 21.2. The Morgan fingerprint density at radius 1 is 1.03 bits per heavy atom. The predicted molar refractivity (Wildman–Crippen MR) is 122 cm³/mol. The number of anilines is 1. The topological polar surface area (TPSA) is 51.1 Å². The first-order valence-corrected chi connectivity index (χ1v) is 10.6. The highest BCUT2D eigenvalue weighted by molar-refractivity contribution is 9.10. The number of pyridine rings is 1. The van der Waals surface area contributed by atoms with Crippen LogP contribution in [0.1, 0.15) is 18.4 Å². The maximum atomic E-state index is 14.0. The first-order chi connectivity index (χ1) is 14.8. The number of halogens is 3. The molecule has 3 aromatic carbocycles. The highest BCUT2D eigenvalue weighted by atomic mass is 79.9. The lowest BCUT2D eigenvalue weighted by atomic mass is 10.1. The molecule has 4 nitrogen and oxygen atoms in total. The SMILES string of the molecule is Cc1ccc2c(c1)c(=O)c1ccccc1n2CCCC(=O)Nc1c(F)cc(F)cc1Br. The molecule has 4 aromatic rings. The number of nitrogens with one attached hydrogen (secondary N) is 1. The Kier molecular flexibility index (Phi) is 5.87. The van der Waals surface area contributed by atoms with E-state index in [-0.39, 0.29) is 27.9 Å². The van der Waals surface area contributed by atoms with Crippen LogP contribution in [0.4, 0.5) is 14.5 Å². The van der Waals surface area contributed by atoms with Crippen molar-refractivity contribution in [2.45, 2.75) is 26.3 Å². The number of para-hydroxylation sites is 1. The second-order valence-electron chi connectivity index (χ2n) is 7.41. The van der Waals surface area contributed by atoms with Crippen LogP contribution >= 0.6 is 15.9 Å². The molecule has 1 heterocycles. The van der Waals surface area contributed by atoms with Crippen LogP contribution in [0.2, 0.25) is 0 Å². The van der Waals surface area contributed by atoms with Crippen LogP contribution in [0.25, 0.3) is 21.8 Å². The van der Waals surface area contributed by atoms with Crippen LogP contribution in [-0.2, 0) is 11.3 Å². The number of benzene rings is 3. The van der Waals surface area contributed by atoms with Gasteiger partial charge in [0.2, 0.25) is 5.91 Å².